The van der Waals surface area contributed by atoms with Gasteiger partial charge in [0.05, 0.1) is 29.2 Å². The second-order valence-electron chi connectivity index (χ2n) is 7.08. The lowest BCUT2D eigenvalue weighted by molar-refractivity contribution is -0.386. The summed E-state index contributed by atoms with van der Waals surface area (Å²) in [6.45, 7) is 0.0453. The standard InChI is InChI=1S/C23H17ClN4O6/c1-33-20-11-15(12-25-27-22(29)17-4-2-3-5-18(17)26-23(27)30)10-19(28(31)32)21(20)34-13-14-6-8-16(24)9-7-14/h2-12H,13H2,1H3,(H,26,30). The van der Waals surface area contributed by atoms with Gasteiger partial charge in [-0.25, -0.2) is 4.79 Å². The van der Waals surface area contributed by atoms with Gasteiger partial charge < -0.3 is 14.5 Å². The third-order valence-corrected chi connectivity index (χ3v) is 5.13. The molecule has 34 heavy (non-hydrogen) atoms. The molecular weight excluding hydrogens is 464 g/mol. The first kappa shape index (κ1) is 22.7. The number of nitrogens with zero attached hydrogens (tertiary/aromatic N) is 3. The van der Waals surface area contributed by atoms with E-state index < -0.39 is 16.2 Å². The molecule has 0 bridgehead atoms. The van der Waals surface area contributed by atoms with Crippen molar-refractivity contribution >= 4 is 34.4 Å². The molecule has 0 amide bonds. The molecule has 0 spiro atoms. The summed E-state index contributed by atoms with van der Waals surface area (Å²) in [7, 11) is 1.34. The van der Waals surface area contributed by atoms with E-state index >= 15 is 0 Å². The van der Waals surface area contributed by atoms with Crippen molar-refractivity contribution in [3.63, 3.8) is 0 Å². The molecule has 4 aromatic rings. The van der Waals surface area contributed by atoms with Crippen LogP contribution in [-0.4, -0.2) is 27.9 Å². The van der Waals surface area contributed by atoms with Crippen LogP contribution in [0.4, 0.5) is 5.69 Å². The first-order valence-electron chi connectivity index (χ1n) is 9.89. The lowest BCUT2D eigenvalue weighted by atomic mass is 10.1. The minimum atomic E-state index is -0.746. The van der Waals surface area contributed by atoms with E-state index in [1.807, 2.05) is 0 Å². The SMILES string of the molecule is COc1cc(C=Nn2c(=O)[nH]c3ccccc3c2=O)cc([N+](=O)[O-])c1OCc1ccc(Cl)cc1. The monoisotopic (exact) mass is 480 g/mol. The van der Waals surface area contributed by atoms with Gasteiger partial charge in [-0.05, 0) is 35.9 Å². The highest BCUT2D eigenvalue weighted by molar-refractivity contribution is 6.30. The fourth-order valence-corrected chi connectivity index (χ4v) is 3.36. The number of ether oxygens (including phenoxy) is 2. The van der Waals surface area contributed by atoms with Crippen molar-refractivity contribution in [3.8, 4) is 11.5 Å². The van der Waals surface area contributed by atoms with Crippen molar-refractivity contribution in [1.29, 1.82) is 0 Å². The molecule has 0 fully saturated rings. The predicted octanol–water partition coefficient (Wildman–Crippen LogP) is 3.72. The highest BCUT2D eigenvalue weighted by Crippen LogP contribution is 2.38. The van der Waals surface area contributed by atoms with Gasteiger partial charge in [-0.2, -0.15) is 5.10 Å². The number of hydrogen-bond acceptors (Lipinski definition) is 7. The summed E-state index contributed by atoms with van der Waals surface area (Å²) in [5.74, 6) is 0.0182. The molecule has 4 rings (SSSR count). The number of benzene rings is 3. The van der Waals surface area contributed by atoms with E-state index in [-0.39, 0.29) is 34.7 Å². The van der Waals surface area contributed by atoms with Crippen molar-refractivity contribution in [1.82, 2.24) is 9.66 Å². The number of nitro groups is 1. The summed E-state index contributed by atoms with van der Waals surface area (Å²) in [5.41, 5.74) is -0.384. The van der Waals surface area contributed by atoms with Crippen LogP contribution in [0.1, 0.15) is 11.1 Å². The molecule has 0 aliphatic heterocycles. The first-order chi connectivity index (χ1) is 16.4. The Bertz CT molecular complexity index is 1530. The number of halogens is 1. The number of aromatic nitrogens is 2. The number of rotatable bonds is 7. The van der Waals surface area contributed by atoms with Crippen molar-refractivity contribution in [2.45, 2.75) is 6.61 Å². The minimum Gasteiger partial charge on any atom is -0.493 e. The number of H-pyrrole nitrogens is 1. The van der Waals surface area contributed by atoms with E-state index in [1.54, 1.807) is 48.5 Å². The number of hydrogen-bond donors (Lipinski definition) is 1. The quantitative estimate of drug-likeness (QED) is 0.244. The Labute approximate surface area is 196 Å². The minimum absolute atomic E-state index is 0.0453. The summed E-state index contributed by atoms with van der Waals surface area (Å²) in [6.07, 6.45) is 1.16. The maximum Gasteiger partial charge on any atom is 0.349 e. The van der Waals surface area contributed by atoms with Gasteiger partial charge in [-0.3, -0.25) is 14.9 Å². The van der Waals surface area contributed by atoms with Crippen molar-refractivity contribution in [2.24, 2.45) is 5.10 Å². The second kappa shape index (κ2) is 9.59. The van der Waals surface area contributed by atoms with Crippen LogP contribution in [-0.2, 0) is 6.61 Å². The number of nitrogens with one attached hydrogen (secondary N) is 1. The van der Waals surface area contributed by atoms with E-state index in [0.29, 0.717) is 15.2 Å². The number of fused-ring (bicyclic) bond motifs is 1. The Morgan fingerprint density at radius 1 is 1.15 bits per heavy atom. The van der Waals surface area contributed by atoms with E-state index in [2.05, 4.69) is 10.1 Å². The molecule has 0 aliphatic carbocycles. The van der Waals surface area contributed by atoms with E-state index in [9.17, 15) is 19.7 Å². The molecule has 1 N–H and O–H groups in total. The van der Waals surface area contributed by atoms with Crippen LogP contribution < -0.4 is 20.7 Å². The van der Waals surface area contributed by atoms with Crippen LogP contribution in [0.15, 0.2) is 75.4 Å². The Hall–Kier alpha value is -4.44. The average molecular weight is 481 g/mol. The predicted molar refractivity (Wildman–Crippen MR) is 127 cm³/mol. The highest BCUT2D eigenvalue weighted by Gasteiger charge is 2.22. The van der Waals surface area contributed by atoms with Crippen LogP contribution in [0.2, 0.25) is 5.02 Å². The largest absolute Gasteiger partial charge is 0.493 e. The summed E-state index contributed by atoms with van der Waals surface area (Å²) in [6, 6.07) is 16.0. The zero-order valence-corrected chi connectivity index (χ0v) is 18.5. The van der Waals surface area contributed by atoms with Crippen LogP contribution in [0, 0.1) is 10.1 Å². The van der Waals surface area contributed by atoms with Gasteiger partial charge >= 0.3 is 11.4 Å². The number of para-hydroxylation sites is 1. The molecule has 0 atom stereocenters. The molecule has 0 unspecified atom stereocenters. The summed E-state index contributed by atoms with van der Waals surface area (Å²) in [4.78, 5) is 38.6. The second-order valence-corrected chi connectivity index (χ2v) is 7.52. The van der Waals surface area contributed by atoms with E-state index in [0.717, 1.165) is 11.8 Å². The Morgan fingerprint density at radius 2 is 1.88 bits per heavy atom. The first-order valence-corrected chi connectivity index (χ1v) is 10.3. The normalized spacial score (nSPS) is 11.1. The summed E-state index contributed by atoms with van der Waals surface area (Å²) in [5, 5.41) is 16.5. The Kier molecular flexibility index (Phi) is 6.42. The van der Waals surface area contributed by atoms with Crippen LogP contribution in [0.3, 0.4) is 0 Å². The maximum absolute atomic E-state index is 12.6. The lowest BCUT2D eigenvalue weighted by Crippen LogP contribution is -2.32. The fraction of sp³-hybridized carbons (Fsp3) is 0.0870. The number of methoxy groups -OCH3 is 1. The van der Waals surface area contributed by atoms with Crippen molar-refractivity contribution in [3.05, 3.63) is 108 Å². The number of nitro benzene ring substituents is 1. The fourth-order valence-electron chi connectivity index (χ4n) is 3.23. The van der Waals surface area contributed by atoms with E-state index in [1.165, 1.54) is 19.2 Å². The molecule has 0 aliphatic rings. The van der Waals surface area contributed by atoms with Gasteiger partial charge in [0, 0.05) is 16.7 Å². The smallest absolute Gasteiger partial charge is 0.349 e. The molecule has 0 radical (unpaired) electrons. The van der Waals surface area contributed by atoms with Gasteiger partial charge in [0.2, 0.25) is 5.75 Å². The topological polar surface area (TPSA) is 129 Å². The van der Waals surface area contributed by atoms with Crippen LogP contribution >= 0.6 is 11.6 Å². The Balaban J connectivity index is 1.70. The van der Waals surface area contributed by atoms with Gasteiger partial charge in [0.25, 0.3) is 5.56 Å². The molecule has 0 saturated carbocycles. The molecule has 0 saturated heterocycles. The molecular formula is C23H17ClN4O6. The van der Waals surface area contributed by atoms with Crippen LogP contribution in [0.5, 0.6) is 11.5 Å². The van der Waals surface area contributed by atoms with Gasteiger partial charge in [-0.15, -0.1) is 4.68 Å². The highest BCUT2D eigenvalue weighted by atomic mass is 35.5. The molecule has 1 aromatic heterocycles. The molecule has 172 valence electrons. The molecule has 10 nitrogen and oxygen atoms in total. The third kappa shape index (κ3) is 4.66. The number of aromatic amines is 1. The van der Waals surface area contributed by atoms with Crippen molar-refractivity contribution in [2.75, 3.05) is 7.11 Å². The summed E-state index contributed by atoms with van der Waals surface area (Å²) >= 11 is 5.88. The maximum atomic E-state index is 12.6. The molecule has 3 aromatic carbocycles. The molecule has 11 heteroatoms. The van der Waals surface area contributed by atoms with Gasteiger partial charge in [0.1, 0.15) is 6.61 Å². The zero-order valence-electron chi connectivity index (χ0n) is 17.7. The summed E-state index contributed by atoms with van der Waals surface area (Å²) < 4.78 is 11.6. The van der Waals surface area contributed by atoms with Gasteiger partial charge in [-0.1, -0.05) is 35.9 Å². The Morgan fingerprint density at radius 3 is 2.59 bits per heavy atom. The third-order valence-electron chi connectivity index (χ3n) is 4.88. The van der Waals surface area contributed by atoms with Gasteiger partial charge in [0.15, 0.2) is 5.75 Å². The molecule has 1 heterocycles. The average Bonchev–Trinajstić information content (AvgIpc) is 2.83. The van der Waals surface area contributed by atoms with E-state index in [4.69, 9.17) is 21.1 Å². The van der Waals surface area contributed by atoms with Crippen molar-refractivity contribution < 1.29 is 14.4 Å². The lowest BCUT2D eigenvalue weighted by Gasteiger charge is -2.12. The zero-order chi connectivity index (χ0) is 24.2. The van der Waals surface area contributed by atoms with Crippen LogP contribution in [0.25, 0.3) is 10.9 Å².